The number of fused-ring (bicyclic) bond motifs is 1. The van der Waals surface area contributed by atoms with Crippen molar-refractivity contribution in [3.8, 4) is 0 Å². The van der Waals surface area contributed by atoms with Crippen molar-refractivity contribution in [1.82, 2.24) is 4.90 Å². The van der Waals surface area contributed by atoms with Crippen molar-refractivity contribution in [2.75, 3.05) is 20.7 Å². The fourth-order valence-corrected chi connectivity index (χ4v) is 4.32. The topological polar surface area (TPSA) is 46.6 Å². The van der Waals surface area contributed by atoms with Crippen molar-refractivity contribution in [1.29, 1.82) is 0 Å². The highest BCUT2D eigenvalue weighted by molar-refractivity contribution is 5.81. The number of rotatable bonds is 1. The second-order valence-electron chi connectivity index (χ2n) is 5.85. The lowest BCUT2D eigenvalue weighted by atomic mass is 9.53. The van der Waals surface area contributed by atoms with Crippen molar-refractivity contribution in [3.63, 3.8) is 0 Å². The molecule has 5 unspecified atom stereocenters. The zero-order valence-corrected chi connectivity index (χ0v) is 10.4. The molecule has 94 valence electrons. The number of carbonyl (C=O) groups is 2. The van der Waals surface area contributed by atoms with Crippen LogP contribution in [-0.2, 0) is 14.3 Å². The largest absolute Gasteiger partial charge is 0.469 e. The van der Waals surface area contributed by atoms with Gasteiger partial charge in [0.1, 0.15) is 0 Å². The van der Waals surface area contributed by atoms with E-state index in [-0.39, 0.29) is 17.8 Å². The standard InChI is InChI=1S/C13H19NO3/c1-14-6-8-3-7-4-11(12(14)15)9(8)5-10(7)13(16)17-2/h7-11H,3-6H2,1-2H3. The molecule has 4 nitrogen and oxygen atoms in total. The van der Waals surface area contributed by atoms with Gasteiger partial charge < -0.3 is 9.64 Å². The molecule has 0 spiro atoms. The molecule has 1 aliphatic heterocycles. The minimum absolute atomic E-state index is 0.0497. The molecule has 1 amide bonds. The summed E-state index contributed by atoms with van der Waals surface area (Å²) in [6, 6.07) is 0. The summed E-state index contributed by atoms with van der Waals surface area (Å²) < 4.78 is 4.88. The molecule has 0 radical (unpaired) electrons. The number of hydrogen-bond donors (Lipinski definition) is 0. The van der Waals surface area contributed by atoms with Gasteiger partial charge in [0, 0.05) is 19.5 Å². The normalized spacial score (nSPS) is 43.8. The van der Waals surface area contributed by atoms with Crippen molar-refractivity contribution >= 4 is 11.9 Å². The SMILES string of the molecule is COC(=O)C1CC2C3CC1CC2C(=O)N(C)C3. The minimum atomic E-state index is -0.0710. The summed E-state index contributed by atoms with van der Waals surface area (Å²) in [7, 11) is 3.36. The average Bonchev–Trinajstić information content (AvgIpc) is 2.35. The van der Waals surface area contributed by atoms with Crippen LogP contribution in [0.1, 0.15) is 19.3 Å². The Kier molecular flexibility index (Phi) is 2.42. The maximum absolute atomic E-state index is 12.1. The summed E-state index contributed by atoms with van der Waals surface area (Å²) in [4.78, 5) is 25.7. The zero-order chi connectivity index (χ0) is 12.2. The molecule has 1 heterocycles. The number of esters is 1. The second kappa shape index (κ2) is 3.72. The van der Waals surface area contributed by atoms with E-state index in [1.54, 1.807) is 0 Å². The summed E-state index contributed by atoms with van der Waals surface area (Å²) in [5.41, 5.74) is 0. The van der Waals surface area contributed by atoms with Crippen LogP contribution in [0.4, 0.5) is 0 Å². The zero-order valence-electron chi connectivity index (χ0n) is 10.4. The van der Waals surface area contributed by atoms with E-state index >= 15 is 0 Å². The molecule has 4 heteroatoms. The highest BCUT2D eigenvalue weighted by atomic mass is 16.5. The van der Waals surface area contributed by atoms with Crippen LogP contribution in [0.3, 0.4) is 0 Å². The predicted molar refractivity (Wildman–Crippen MR) is 61.0 cm³/mol. The van der Waals surface area contributed by atoms with Crippen LogP contribution in [0.15, 0.2) is 0 Å². The van der Waals surface area contributed by atoms with Gasteiger partial charge in [-0.2, -0.15) is 0 Å². The first kappa shape index (κ1) is 11.1. The Morgan fingerprint density at radius 2 is 2.06 bits per heavy atom. The molecule has 0 N–H and O–H groups in total. The Balaban J connectivity index is 1.83. The van der Waals surface area contributed by atoms with Crippen LogP contribution >= 0.6 is 0 Å². The van der Waals surface area contributed by atoms with Crippen LogP contribution in [0.2, 0.25) is 0 Å². The highest BCUT2D eigenvalue weighted by Crippen LogP contribution is 2.54. The third-order valence-corrected chi connectivity index (χ3v) is 5.09. The van der Waals surface area contributed by atoms with Crippen molar-refractivity contribution < 1.29 is 14.3 Å². The molecular formula is C13H19NO3. The number of methoxy groups -OCH3 is 1. The van der Waals surface area contributed by atoms with E-state index in [0.29, 0.717) is 23.7 Å². The first-order valence-corrected chi connectivity index (χ1v) is 6.44. The minimum Gasteiger partial charge on any atom is -0.469 e. The van der Waals surface area contributed by atoms with Gasteiger partial charge in [-0.3, -0.25) is 9.59 Å². The molecule has 0 aromatic carbocycles. The molecule has 5 atom stereocenters. The van der Waals surface area contributed by atoms with E-state index < -0.39 is 0 Å². The van der Waals surface area contributed by atoms with Crippen LogP contribution < -0.4 is 0 Å². The molecule has 4 aliphatic rings. The molecule has 0 aromatic rings. The van der Waals surface area contributed by atoms with Gasteiger partial charge in [-0.05, 0) is 37.0 Å². The van der Waals surface area contributed by atoms with Crippen LogP contribution in [-0.4, -0.2) is 37.5 Å². The third kappa shape index (κ3) is 1.49. The molecular weight excluding hydrogens is 218 g/mol. The first-order chi connectivity index (χ1) is 8.11. The number of nitrogens with zero attached hydrogens (tertiary/aromatic N) is 1. The molecule has 0 aromatic heterocycles. The molecule has 1 saturated heterocycles. The summed E-state index contributed by atoms with van der Waals surface area (Å²) in [6.45, 7) is 0.879. The maximum atomic E-state index is 12.1. The average molecular weight is 237 g/mol. The van der Waals surface area contributed by atoms with Gasteiger partial charge in [0.05, 0.1) is 13.0 Å². The molecule has 4 rings (SSSR count). The van der Waals surface area contributed by atoms with E-state index in [1.165, 1.54) is 7.11 Å². The van der Waals surface area contributed by atoms with Gasteiger partial charge in [0.25, 0.3) is 0 Å². The van der Waals surface area contributed by atoms with Gasteiger partial charge >= 0.3 is 5.97 Å². The van der Waals surface area contributed by atoms with E-state index in [0.717, 1.165) is 25.8 Å². The van der Waals surface area contributed by atoms with E-state index in [4.69, 9.17) is 4.74 Å². The Bertz CT molecular complexity index is 368. The molecule has 3 saturated carbocycles. The molecule has 4 bridgehead atoms. The smallest absolute Gasteiger partial charge is 0.308 e. The number of amides is 1. The Hall–Kier alpha value is -1.06. The lowest BCUT2D eigenvalue weighted by Gasteiger charge is -2.54. The summed E-state index contributed by atoms with van der Waals surface area (Å²) in [6.07, 6.45) is 2.86. The van der Waals surface area contributed by atoms with E-state index in [9.17, 15) is 9.59 Å². The highest BCUT2D eigenvalue weighted by Gasteiger charge is 2.54. The monoisotopic (exact) mass is 237 g/mol. The lowest BCUT2D eigenvalue weighted by Crippen LogP contribution is -2.57. The van der Waals surface area contributed by atoms with Crippen LogP contribution in [0, 0.1) is 29.6 Å². The van der Waals surface area contributed by atoms with E-state index in [1.807, 2.05) is 11.9 Å². The number of piperidine rings is 1. The van der Waals surface area contributed by atoms with Crippen molar-refractivity contribution in [2.45, 2.75) is 19.3 Å². The van der Waals surface area contributed by atoms with Crippen LogP contribution in [0.25, 0.3) is 0 Å². The summed E-state index contributed by atoms with van der Waals surface area (Å²) in [5, 5.41) is 0. The molecule has 4 fully saturated rings. The fraction of sp³-hybridized carbons (Fsp3) is 0.846. The van der Waals surface area contributed by atoms with E-state index in [2.05, 4.69) is 0 Å². The van der Waals surface area contributed by atoms with Gasteiger partial charge in [-0.15, -0.1) is 0 Å². The summed E-state index contributed by atoms with van der Waals surface area (Å²) in [5.74, 6) is 1.86. The number of likely N-dealkylation sites (tertiary alicyclic amines) is 1. The number of ether oxygens (including phenoxy) is 1. The third-order valence-electron chi connectivity index (χ3n) is 5.09. The Morgan fingerprint density at radius 1 is 1.29 bits per heavy atom. The Labute approximate surface area is 101 Å². The molecule has 17 heavy (non-hydrogen) atoms. The van der Waals surface area contributed by atoms with Gasteiger partial charge in [0.2, 0.25) is 5.91 Å². The molecule has 3 aliphatic carbocycles. The number of carbonyl (C=O) groups excluding carboxylic acids is 2. The fourth-order valence-electron chi connectivity index (χ4n) is 4.32. The van der Waals surface area contributed by atoms with Gasteiger partial charge in [-0.25, -0.2) is 0 Å². The number of hydrogen-bond acceptors (Lipinski definition) is 3. The lowest BCUT2D eigenvalue weighted by molar-refractivity contribution is -0.167. The van der Waals surface area contributed by atoms with Crippen molar-refractivity contribution in [2.24, 2.45) is 29.6 Å². The summed E-state index contributed by atoms with van der Waals surface area (Å²) >= 11 is 0. The quantitative estimate of drug-likeness (QED) is 0.637. The van der Waals surface area contributed by atoms with Crippen LogP contribution in [0.5, 0.6) is 0 Å². The first-order valence-electron chi connectivity index (χ1n) is 6.44. The van der Waals surface area contributed by atoms with Crippen molar-refractivity contribution in [3.05, 3.63) is 0 Å². The second-order valence-corrected chi connectivity index (χ2v) is 5.85. The Morgan fingerprint density at radius 3 is 2.71 bits per heavy atom. The van der Waals surface area contributed by atoms with Gasteiger partial charge in [0.15, 0.2) is 0 Å². The van der Waals surface area contributed by atoms with Gasteiger partial charge in [-0.1, -0.05) is 0 Å². The predicted octanol–water partition coefficient (Wildman–Crippen LogP) is 0.910. The maximum Gasteiger partial charge on any atom is 0.308 e.